The van der Waals surface area contributed by atoms with Gasteiger partial charge >= 0.3 is 0 Å². The summed E-state index contributed by atoms with van der Waals surface area (Å²) in [5.74, 6) is 1.11. The Balaban J connectivity index is 1.66. The van der Waals surface area contributed by atoms with Crippen LogP contribution in [-0.4, -0.2) is 35.8 Å². The lowest BCUT2D eigenvalue weighted by atomic mass is 10.1. The minimum atomic E-state index is 0.139. The first-order valence-corrected chi connectivity index (χ1v) is 8.11. The Morgan fingerprint density at radius 1 is 1.33 bits per heavy atom. The second-order valence-corrected chi connectivity index (χ2v) is 7.23. The van der Waals surface area contributed by atoms with Crippen molar-refractivity contribution < 1.29 is 4.74 Å². The number of aromatic nitrogens is 1. The van der Waals surface area contributed by atoms with Crippen LogP contribution in [0.2, 0.25) is 0 Å². The largest absolute Gasteiger partial charge is 0.374 e. The van der Waals surface area contributed by atoms with Gasteiger partial charge in [-0.3, -0.25) is 0 Å². The zero-order chi connectivity index (χ0) is 14.9. The average molecular weight is 289 g/mol. The standard InChI is InChI=1S/C17H27N3O/c1-17(2,3)19-12-13-7-8-16(18-11-13)20-9-10-21-15-6-4-5-14(15)20/h7-8,11,14-15,19H,4-6,9-10,12H2,1-3H3. The highest BCUT2D eigenvalue weighted by molar-refractivity contribution is 5.42. The summed E-state index contributed by atoms with van der Waals surface area (Å²) in [5, 5.41) is 3.50. The molecule has 1 aliphatic carbocycles. The van der Waals surface area contributed by atoms with Gasteiger partial charge in [0.1, 0.15) is 5.82 Å². The molecule has 4 heteroatoms. The lowest BCUT2D eigenvalue weighted by molar-refractivity contribution is 0.0253. The molecule has 116 valence electrons. The summed E-state index contributed by atoms with van der Waals surface area (Å²) in [6.45, 7) is 9.21. The smallest absolute Gasteiger partial charge is 0.128 e. The van der Waals surface area contributed by atoms with Gasteiger partial charge in [-0.2, -0.15) is 0 Å². The molecular formula is C17H27N3O. The lowest BCUT2D eigenvalue weighted by Crippen LogP contribution is -2.49. The van der Waals surface area contributed by atoms with Crippen LogP contribution in [-0.2, 0) is 11.3 Å². The van der Waals surface area contributed by atoms with Crippen molar-refractivity contribution >= 4 is 5.82 Å². The minimum Gasteiger partial charge on any atom is -0.374 e. The highest BCUT2D eigenvalue weighted by atomic mass is 16.5. The van der Waals surface area contributed by atoms with Gasteiger partial charge < -0.3 is 15.0 Å². The molecule has 2 atom stereocenters. The quantitative estimate of drug-likeness (QED) is 0.928. The molecule has 1 saturated heterocycles. The SMILES string of the molecule is CC(C)(C)NCc1ccc(N2CCOC3CCCC32)nc1. The van der Waals surface area contributed by atoms with E-state index in [0.717, 1.165) is 25.5 Å². The molecular weight excluding hydrogens is 262 g/mol. The third-order valence-corrected chi connectivity index (χ3v) is 4.41. The van der Waals surface area contributed by atoms with Crippen molar-refractivity contribution in [1.29, 1.82) is 0 Å². The van der Waals surface area contributed by atoms with Crippen LogP contribution in [0.4, 0.5) is 5.82 Å². The van der Waals surface area contributed by atoms with E-state index >= 15 is 0 Å². The molecule has 0 radical (unpaired) electrons. The minimum absolute atomic E-state index is 0.139. The van der Waals surface area contributed by atoms with Crippen molar-refractivity contribution in [3.8, 4) is 0 Å². The topological polar surface area (TPSA) is 37.4 Å². The number of anilines is 1. The van der Waals surface area contributed by atoms with Crippen LogP contribution in [0.25, 0.3) is 0 Å². The fraction of sp³-hybridized carbons (Fsp3) is 0.706. The zero-order valence-electron chi connectivity index (χ0n) is 13.4. The number of rotatable bonds is 3. The van der Waals surface area contributed by atoms with Gasteiger partial charge in [0.05, 0.1) is 18.8 Å². The summed E-state index contributed by atoms with van der Waals surface area (Å²) in [5.41, 5.74) is 1.38. The van der Waals surface area contributed by atoms with Gasteiger partial charge in [-0.1, -0.05) is 6.07 Å². The van der Waals surface area contributed by atoms with Crippen molar-refractivity contribution in [1.82, 2.24) is 10.3 Å². The monoisotopic (exact) mass is 289 g/mol. The van der Waals surface area contributed by atoms with Crippen molar-refractivity contribution in [2.24, 2.45) is 0 Å². The maximum absolute atomic E-state index is 5.87. The van der Waals surface area contributed by atoms with Crippen molar-refractivity contribution in [3.63, 3.8) is 0 Å². The normalized spacial score (nSPS) is 26.0. The van der Waals surface area contributed by atoms with Crippen LogP contribution in [0, 0.1) is 0 Å². The van der Waals surface area contributed by atoms with E-state index in [2.05, 4.69) is 43.1 Å². The number of fused-ring (bicyclic) bond motifs is 1. The molecule has 2 fully saturated rings. The van der Waals surface area contributed by atoms with E-state index in [0.29, 0.717) is 12.1 Å². The molecule has 1 aromatic heterocycles. The number of morpholine rings is 1. The highest BCUT2D eigenvalue weighted by Crippen LogP contribution is 2.32. The van der Waals surface area contributed by atoms with E-state index in [1.54, 1.807) is 0 Å². The van der Waals surface area contributed by atoms with Crippen LogP contribution >= 0.6 is 0 Å². The summed E-state index contributed by atoms with van der Waals surface area (Å²) in [7, 11) is 0. The van der Waals surface area contributed by atoms with Gasteiger partial charge in [-0.25, -0.2) is 4.98 Å². The van der Waals surface area contributed by atoms with Crippen LogP contribution < -0.4 is 10.2 Å². The van der Waals surface area contributed by atoms with E-state index < -0.39 is 0 Å². The molecule has 0 amide bonds. The second kappa shape index (κ2) is 5.93. The van der Waals surface area contributed by atoms with Gasteiger partial charge in [-0.05, 0) is 51.7 Å². The summed E-state index contributed by atoms with van der Waals surface area (Å²) in [4.78, 5) is 7.14. The number of nitrogens with one attached hydrogen (secondary N) is 1. The van der Waals surface area contributed by atoms with E-state index in [1.807, 2.05) is 6.20 Å². The molecule has 1 aliphatic heterocycles. The Morgan fingerprint density at radius 2 is 2.19 bits per heavy atom. The van der Waals surface area contributed by atoms with Gasteiger partial charge in [-0.15, -0.1) is 0 Å². The van der Waals surface area contributed by atoms with E-state index in [1.165, 1.54) is 24.8 Å². The number of nitrogens with zero attached hydrogens (tertiary/aromatic N) is 2. The Morgan fingerprint density at radius 3 is 2.90 bits per heavy atom. The van der Waals surface area contributed by atoms with Crippen molar-refractivity contribution in [3.05, 3.63) is 23.9 Å². The summed E-state index contributed by atoms with van der Waals surface area (Å²) in [6.07, 6.45) is 6.14. The van der Waals surface area contributed by atoms with Crippen LogP contribution in [0.3, 0.4) is 0 Å². The van der Waals surface area contributed by atoms with Crippen molar-refractivity contribution in [2.45, 2.75) is 64.3 Å². The Hall–Kier alpha value is -1.13. The van der Waals surface area contributed by atoms with E-state index in [4.69, 9.17) is 9.72 Å². The first-order valence-electron chi connectivity index (χ1n) is 8.11. The summed E-state index contributed by atoms with van der Waals surface area (Å²) >= 11 is 0. The third kappa shape index (κ3) is 3.55. The summed E-state index contributed by atoms with van der Waals surface area (Å²) < 4.78 is 5.87. The molecule has 0 spiro atoms. The third-order valence-electron chi connectivity index (χ3n) is 4.41. The van der Waals surface area contributed by atoms with Gasteiger partial charge in [0.2, 0.25) is 0 Å². The molecule has 2 heterocycles. The molecule has 3 rings (SSSR count). The second-order valence-electron chi connectivity index (χ2n) is 7.23. The van der Waals surface area contributed by atoms with Crippen molar-refractivity contribution in [2.75, 3.05) is 18.1 Å². The maximum Gasteiger partial charge on any atom is 0.128 e. The lowest BCUT2D eigenvalue weighted by Gasteiger charge is -2.38. The number of hydrogen-bond donors (Lipinski definition) is 1. The number of pyridine rings is 1. The zero-order valence-corrected chi connectivity index (χ0v) is 13.4. The van der Waals surface area contributed by atoms with Gasteiger partial charge in [0.15, 0.2) is 0 Å². The van der Waals surface area contributed by atoms with Crippen LogP contribution in [0.1, 0.15) is 45.6 Å². The first kappa shape index (κ1) is 14.8. The number of ether oxygens (including phenoxy) is 1. The molecule has 2 unspecified atom stereocenters. The van der Waals surface area contributed by atoms with Crippen LogP contribution in [0.5, 0.6) is 0 Å². The highest BCUT2D eigenvalue weighted by Gasteiger charge is 2.36. The summed E-state index contributed by atoms with van der Waals surface area (Å²) in [6, 6.07) is 4.89. The van der Waals surface area contributed by atoms with Gasteiger partial charge in [0.25, 0.3) is 0 Å². The predicted octanol–water partition coefficient (Wildman–Crippen LogP) is 2.73. The maximum atomic E-state index is 5.87. The number of hydrogen-bond acceptors (Lipinski definition) is 4. The van der Waals surface area contributed by atoms with E-state index in [-0.39, 0.29) is 5.54 Å². The molecule has 1 N–H and O–H groups in total. The fourth-order valence-corrected chi connectivity index (χ4v) is 3.27. The van der Waals surface area contributed by atoms with E-state index in [9.17, 15) is 0 Å². The molecule has 4 nitrogen and oxygen atoms in total. The first-order chi connectivity index (χ1) is 10.0. The Bertz CT molecular complexity index is 466. The molecule has 2 aliphatic rings. The average Bonchev–Trinajstić information content (AvgIpc) is 2.93. The van der Waals surface area contributed by atoms with Crippen LogP contribution in [0.15, 0.2) is 18.3 Å². The molecule has 0 bridgehead atoms. The molecule has 21 heavy (non-hydrogen) atoms. The Labute approximate surface area is 127 Å². The predicted molar refractivity (Wildman–Crippen MR) is 85.6 cm³/mol. The molecule has 0 aromatic carbocycles. The van der Waals surface area contributed by atoms with Gasteiger partial charge in [0, 0.05) is 24.8 Å². The molecule has 1 saturated carbocycles. The molecule has 1 aromatic rings. The fourth-order valence-electron chi connectivity index (χ4n) is 3.27. The Kier molecular flexibility index (Phi) is 4.18.